The molecule has 8 aromatic heterocycles. The van der Waals surface area contributed by atoms with Crippen molar-refractivity contribution in [2.24, 2.45) is 39.0 Å². The highest BCUT2D eigenvalue weighted by molar-refractivity contribution is 6.10. The minimum Gasteiger partial charge on any atom is -0.456 e. The number of furan rings is 4. The first-order valence-electron chi connectivity index (χ1n) is 51.7. The van der Waals surface area contributed by atoms with Crippen molar-refractivity contribution < 1.29 is 77.1 Å². The average Bonchev–Trinajstić information content (AvgIpc) is 0.806. The van der Waals surface area contributed by atoms with E-state index in [-0.39, 0.29) is 58.1 Å². The number of pyridine rings is 4. The van der Waals surface area contributed by atoms with E-state index in [1.54, 1.807) is 177 Å². The van der Waals surface area contributed by atoms with E-state index in [1.807, 2.05) is 50.2 Å². The summed E-state index contributed by atoms with van der Waals surface area (Å²) in [4.78, 5) is 0. The van der Waals surface area contributed by atoms with Gasteiger partial charge in [0, 0.05) is 151 Å². The fourth-order valence-electron chi connectivity index (χ4n) is 14.2. The quantitative estimate of drug-likeness (QED) is 0.136. The molecule has 12 nitrogen and oxygen atoms in total. The molecule has 0 atom stereocenters. The first-order valence-corrected chi connectivity index (χ1v) is 36.7. The minimum absolute atomic E-state index is 0.00278. The topological polar surface area (TPSA) is 163 Å². The normalized spacial score (nSPS) is 16.6. The first kappa shape index (κ1) is 49.8. The Labute approximate surface area is 712 Å². The molecule has 0 aliphatic carbocycles. The molecule has 0 amide bonds. The molecule has 12 heteroatoms. The third kappa shape index (κ3) is 15.4. The highest BCUT2D eigenvalue weighted by Crippen LogP contribution is 2.41. The van der Waals surface area contributed by atoms with E-state index >= 15 is 0 Å². The van der Waals surface area contributed by atoms with Gasteiger partial charge in [0.25, 0.3) is 0 Å². The number of fused-ring (bicyclic) bond motifs is 12. The number of benzene rings is 8. The van der Waals surface area contributed by atoms with Gasteiger partial charge in [0.05, 0.1) is 70.9 Å². The van der Waals surface area contributed by atoms with Crippen LogP contribution in [0.15, 0.2) is 175 Å². The number of hydrogen-bond donors (Lipinski definition) is 0. The van der Waals surface area contributed by atoms with E-state index in [0.29, 0.717) is 123 Å². The Bertz CT molecular complexity index is 8130. The van der Waals surface area contributed by atoms with Crippen LogP contribution in [0.1, 0.15) is 223 Å². The van der Waals surface area contributed by atoms with Gasteiger partial charge in [-0.3, -0.25) is 0 Å². The Kier molecular flexibility index (Phi) is 13.5. The van der Waals surface area contributed by atoms with Crippen LogP contribution >= 0.6 is 0 Å². The number of aromatic nitrogens is 4. The van der Waals surface area contributed by atoms with Crippen molar-refractivity contribution in [2.75, 3.05) is 0 Å². The standard InChI is InChI=1S/2C26H27N2O.2C25H25N2O/c1-16-9-22-20-8-7-18(15-27)12-24(20)29-25(22)13-21(16)23-11-19(14-26(3,4)5)10-17(2)28(23)6;1-16-9-21-22-11-18(15-27)7-8-24(22)29-25(21)13-20(16)23-12-19(14-26(3,4)5)10-17(2)28(23)6;1-14(2)20-11-23(27(6)17(5)16(20)4)21-12-25-22(9-15(21)3)19-8-7-18(13-26)10-24(19)28-25;1-14(2)20-11-23(27(6)17(5)16(20)4)21-12-24-22(10-15(21)3)19-9-7-8-18(13-26)25(19)28-24/h2*7-13H,14H2,1-6H3;2*7-12,14H,1-6H3/q4*+1/i10D,11D,14D2;10D,12D,14D2;2*1D3,2D3,4D3,11D,14D. The zero-order valence-electron chi connectivity index (χ0n) is 96.8. The summed E-state index contributed by atoms with van der Waals surface area (Å²) in [5.41, 5.74) is 9.10. The second-order valence-electron chi connectivity index (χ2n) is 30.8. The summed E-state index contributed by atoms with van der Waals surface area (Å²) in [5, 5.41) is 43.6. The van der Waals surface area contributed by atoms with Crippen molar-refractivity contribution in [2.45, 2.75) is 163 Å². The lowest BCUT2D eigenvalue weighted by Crippen LogP contribution is -2.36. The van der Waals surface area contributed by atoms with Crippen LogP contribution in [0, 0.1) is 125 Å². The van der Waals surface area contributed by atoms with Gasteiger partial charge in [-0.15, -0.1) is 0 Å². The van der Waals surface area contributed by atoms with Crippen molar-refractivity contribution in [3.05, 3.63) is 258 Å². The predicted molar refractivity (Wildman–Crippen MR) is 462 cm³/mol. The molecule has 572 valence electrons. The number of aryl methyl sites for hydroxylation is 4. The van der Waals surface area contributed by atoms with Gasteiger partial charge >= 0.3 is 0 Å². The van der Waals surface area contributed by atoms with Gasteiger partial charge in [0.15, 0.2) is 28.4 Å². The molecular weight excluding hydrogens is 1400 g/mol. The van der Waals surface area contributed by atoms with E-state index in [0.717, 1.165) is 54.6 Å². The molecule has 8 aromatic carbocycles. The number of hydrogen-bond acceptors (Lipinski definition) is 8. The van der Waals surface area contributed by atoms with Crippen LogP contribution in [0.5, 0.6) is 0 Å². The van der Waals surface area contributed by atoms with Gasteiger partial charge < -0.3 is 17.7 Å². The molecule has 8 heterocycles. The highest BCUT2D eigenvalue weighted by Gasteiger charge is 2.28. The molecule has 16 aromatic rings. The monoisotopic (exact) mass is 1540 g/mol. The summed E-state index contributed by atoms with van der Waals surface area (Å²) < 4.78 is 281. The van der Waals surface area contributed by atoms with Gasteiger partial charge in [0.2, 0.25) is 22.8 Å². The van der Waals surface area contributed by atoms with Crippen LogP contribution < -0.4 is 18.3 Å². The van der Waals surface area contributed by atoms with Gasteiger partial charge in [-0.2, -0.15) is 39.3 Å². The average molecular weight is 1540 g/mol. The summed E-state index contributed by atoms with van der Waals surface area (Å²) in [7, 11) is 6.60. The molecule has 16 rings (SSSR count). The number of nitriles is 4. The third-order valence-electron chi connectivity index (χ3n) is 20.5. The van der Waals surface area contributed by atoms with Gasteiger partial charge in [-0.25, -0.2) is 0 Å². The van der Waals surface area contributed by atoms with E-state index < -0.39 is 111 Å². The molecule has 0 N–H and O–H groups in total. The van der Waals surface area contributed by atoms with E-state index in [9.17, 15) is 21.0 Å². The van der Waals surface area contributed by atoms with Crippen molar-refractivity contribution in [3.63, 3.8) is 0 Å². The Balaban J connectivity index is 0.000000161. The predicted octanol–water partition coefficient (Wildman–Crippen LogP) is 24.3. The summed E-state index contributed by atoms with van der Waals surface area (Å²) in [6.45, 7) is 4.45. The van der Waals surface area contributed by atoms with Crippen LogP contribution in [-0.2, 0) is 40.9 Å². The molecule has 0 radical (unpaired) electrons. The smallest absolute Gasteiger partial charge is 0.213 e. The second kappa shape index (κ2) is 30.9. The largest absolute Gasteiger partial charge is 0.456 e. The first-order chi connectivity index (χ1) is 66.1. The Morgan fingerprint density at radius 2 is 0.737 bits per heavy atom. The maximum absolute atomic E-state index is 9.49. The molecule has 0 bridgehead atoms. The van der Waals surface area contributed by atoms with Crippen LogP contribution in [-0.4, -0.2) is 0 Å². The Hall–Kier alpha value is -12.5. The van der Waals surface area contributed by atoms with E-state index in [1.165, 1.54) is 37.1 Å². The molecule has 0 aliphatic rings. The van der Waals surface area contributed by atoms with Crippen LogP contribution in [0.2, 0.25) is 0 Å². The van der Waals surface area contributed by atoms with Crippen molar-refractivity contribution >= 4 is 87.8 Å². The van der Waals surface area contributed by atoms with Crippen LogP contribution in [0.3, 0.4) is 0 Å². The van der Waals surface area contributed by atoms with Crippen molar-refractivity contribution in [1.82, 2.24) is 0 Å². The lowest BCUT2D eigenvalue weighted by Gasteiger charge is -2.18. The maximum Gasteiger partial charge on any atom is 0.213 e. The highest BCUT2D eigenvalue weighted by atomic mass is 16.3. The molecule has 0 fully saturated rings. The fourth-order valence-corrected chi connectivity index (χ4v) is 14.2. The van der Waals surface area contributed by atoms with Crippen molar-refractivity contribution in [3.8, 4) is 69.3 Å². The van der Waals surface area contributed by atoms with Crippen LogP contribution in [0.4, 0.5) is 0 Å². The number of nitrogens with zero attached hydrogens (tertiary/aromatic N) is 8. The second-order valence-corrected chi connectivity index (χ2v) is 30.8. The van der Waals surface area contributed by atoms with Gasteiger partial charge in [-0.05, 0) is 230 Å². The lowest BCUT2D eigenvalue weighted by atomic mass is 9.87. The number of para-hydroxylation sites is 1. The molecule has 0 aliphatic heterocycles. The Morgan fingerprint density at radius 3 is 1.12 bits per heavy atom. The van der Waals surface area contributed by atoms with Gasteiger partial charge in [-0.1, -0.05) is 81.1 Å². The van der Waals surface area contributed by atoms with Crippen molar-refractivity contribution in [1.29, 1.82) is 21.0 Å². The Morgan fingerprint density at radius 1 is 0.386 bits per heavy atom. The molecule has 0 spiro atoms. The third-order valence-corrected chi connectivity index (χ3v) is 20.5. The van der Waals surface area contributed by atoms with Crippen LogP contribution in [0.25, 0.3) is 133 Å². The molecule has 114 heavy (non-hydrogen) atoms. The van der Waals surface area contributed by atoms with E-state index in [2.05, 4.69) is 24.3 Å². The SMILES string of the molecule is [2H]c1c(C([2H])(C([2H])([2H])[2H])C([2H])([2H])[2H])c(C([2H])([2H])[2H])c(C)[n+](C)c1-c1cc2oc3c(C#N)cccc3c2cc1C.[2H]c1c(C([2H])(C([2H])([2H])[2H])C([2H])([2H])[2H])c(C([2H])([2H])[2H])c(C)[n+](C)c1-c1cc2oc3cc(C#N)ccc3c2cc1C.[2H]c1c(C([2H])([2H])C(C)(C)C)c([2H])c(-c2cc3oc4cc(C#N)ccc4c3cc2C)[n+](C)c1C.[2H]c1c(C([2H])([2H])C(C)(C)C)c([2H])c(-c2cc3oc4ccc(C#N)cc4c3cc2C)[n+](C)c1C. The molecular formula is C102H104N8O4+4. The van der Waals surface area contributed by atoms with E-state index in [4.69, 9.17) is 58.8 Å². The molecule has 0 unspecified atom stereocenters. The lowest BCUT2D eigenvalue weighted by molar-refractivity contribution is -0.667. The zero-order chi connectivity index (χ0) is 108. The molecule has 0 saturated carbocycles. The summed E-state index contributed by atoms with van der Waals surface area (Å²) >= 11 is 0. The van der Waals surface area contributed by atoms with Gasteiger partial charge in [0.1, 0.15) is 73.3 Å². The zero-order valence-corrected chi connectivity index (χ0v) is 66.8. The fraction of sp³-hybridized carbons (Fsp3) is 0.294. The summed E-state index contributed by atoms with van der Waals surface area (Å²) in [5.74, 6) is -6.81. The number of rotatable bonds is 8. The summed E-state index contributed by atoms with van der Waals surface area (Å²) in [6.07, 6.45) is -3.75. The maximum atomic E-state index is 9.49. The minimum atomic E-state index is -3.50. The summed E-state index contributed by atoms with van der Waals surface area (Å²) in [6, 6.07) is 42.5. The molecule has 0 saturated heterocycles.